The number of rotatable bonds is 4. The van der Waals surface area contributed by atoms with Gasteiger partial charge < -0.3 is 9.68 Å². The highest BCUT2D eigenvalue weighted by atomic mass is 16.5. The van der Waals surface area contributed by atoms with Crippen LogP contribution in [-0.4, -0.2) is 18.4 Å². The van der Waals surface area contributed by atoms with Crippen LogP contribution in [0.1, 0.15) is 10.4 Å². The first kappa shape index (κ1) is 11.4. The molecular weight excluding hydrogens is 215 g/mol. The Balaban J connectivity index is 2.07. The van der Waals surface area contributed by atoms with Gasteiger partial charge in [-0.05, 0) is 29.7 Å². The van der Waals surface area contributed by atoms with Crippen LogP contribution in [-0.2, 0) is 0 Å². The SMILES string of the molecule is O=Cc1ccc(OB(O)c2ccccc2)cc1. The summed E-state index contributed by atoms with van der Waals surface area (Å²) >= 11 is 0. The van der Waals surface area contributed by atoms with Crippen LogP contribution < -0.4 is 10.1 Å². The van der Waals surface area contributed by atoms with Gasteiger partial charge in [-0.2, -0.15) is 0 Å². The van der Waals surface area contributed by atoms with E-state index in [-0.39, 0.29) is 0 Å². The zero-order valence-corrected chi connectivity index (χ0v) is 9.11. The van der Waals surface area contributed by atoms with E-state index in [0.29, 0.717) is 16.8 Å². The van der Waals surface area contributed by atoms with E-state index in [4.69, 9.17) is 4.65 Å². The Morgan fingerprint density at radius 2 is 1.65 bits per heavy atom. The predicted octanol–water partition coefficient (Wildman–Crippen LogP) is 1.27. The van der Waals surface area contributed by atoms with E-state index in [2.05, 4.69) is 0 Å². The number of carbonyl (C=O) groups is 1. The molecule has 0 radical (unpaired) electrons. The van der Waals surface area contributed by atoms with Crippen molar-refractivity contribution in [3.8, 4) is 5.75 Å². The third-order valence-electron chi connectivity index (χ3n) is 2.35. The van der Waals surface area contributed by atoms with Crippen LogP contribution in [0.2, 0.25) is 0 Å². The Kier molecular flexibility index (Phi) is 3.57. The average Bonchev–Trinajstić information content (AvgIpc) is 2.40. The fraction of sp³-hybridized carbons (Fsp3) is 0. The van der Waals surface area contributed by atoms with Crippen LogP contribution in [0.25, 0.3) is 0 Å². The van der Waals surface area contributed by atoms with Crippen molar-refractivity contribution < 1.29 is 14.5 Å². The van der Waals surface area contributed by atoms with Gasteiger partial charge in [0, 0.05) is 5.56 Å². The lowest BCUT2D eigenvalue weighted by molar-refractivity contribution is 0.112. The molecule has 2 aromatic carbocycles. The van der Waals surface area contributed by atoms with E-state index in [1.807, 2.05) is 18.2 Å². The highest BCUT2D eigenvalue weighted by Crippen LogP contribution is 2.11. The number of benzene rings is 2. The summed E-state index contributed by atoms with van der Waals surface area (Å²) in [5, 5.41) is 9.81. The molecule has 1 N–H and O–H groups in total. The van der Waals surface area contributed by atoms with Gasteiger partial charge >= 0.3 is 7.12 Å². The van der Waals surface area contributed by atoms with E-state index < -0.39 is 7.12 Å². The summed E-state index contributed by atoms with van der Waals surface area (Å²) in [5.41, 5.74) is 1.26. The van der Waals surface area contributed by atoms with Crippen LogP contribution >= 0.6 is 0 Å². The van der Waals surface area contributed by atoms with Crippen molar-refractivity contribution in [2.24, 2.45) is 0 Å². The lowest BCUT2D eigenvalue weighted by Crippen LogP contribution is -2.36. The molecule has 0 aliphatic carbocycles. The average molecular weight is 226 g/mol. The maximum absolute atomic E-state index is 10.5. The van der Waals surface area contributed by atoms with Crippen molar-refractivity contribution in [1.82, 2.24) is 0 Å². The minimum atomic E-state index is -1.00. The van der Waals surface area contributed by atoms with Crippen molar-refractivity contribution in [3.05, 3.63) is 60.2 Å². The van der Waals surface area contributed by atoms with Gasteiger partial charge in [0.1, 0.15) is 12.0 Å². The van der Waals surface area contributed by atoms with Crippen molar-refractivity contribution in [2.45, 2.75) is 0 Å². The van der Waals surface area contributed by atoms with Crippen molar-refractivity contribution in [1.29, 1.82) is 0 Å². The van der Waals surface area contributed by atoms with Crippen LogP contribution in [0.15, 0.2) is 54.6 Å². The van der Waals surface area contributed by atoms with Gasteiger partial charge in [0.05, 0.1) is 0 Å². The molecule has 0 spiro atoms. The van der Waals surface area contributed by atoms with E-state index in [9.17, 15) is 9.82 Å². The Morgan fingerprint density at radius 3 is 2.24 bits per heavy atom. The van der Waals surface area contributed by atoms with Crippen molar-refractivity contribution in [3.63, 3.8) is 0 Å². The molecule has 0 saturated heterocycles. The molecule has 0 amide bonds. The molecule has 0 aromatic heterocycles. The summed E-state index contributed by atoms with van der Waals surface area (Å²) in [7, 11) is -1.00. The summed E-state index contributed by atoms with van der Waals surface area (Å²) < 4.78 is 5.34. The summed E-state index contributed by atoms with van der Waals surface area (Å²) in [6.45, 7) is 0. The molecule has 84 valence electrons. The van der Waals surface area contributed by atoms with Crippen molar-refractivity contribution in [2.75, 3.05) is 0 Å². The Morgan fingerprint density at radius 1 is 1.00 bits per heavy atom. The fourth-order valence-corrected chi connectivity index (χ4v) is 1.44. The molecule has 0 fully saturated rings. The predicted molar refractivity (Wildman–Crippen MR) is 66.5 cm³/mol. The maximum Gasteiger partial charge on any atom is 0.560 e. The summed E-state index contributed by atoms with van der Waals surface area (Å²) in [6.07, 6.45) is 0.761. The first-order valence-corrected chi connectivity index (χ1v) is 5.24. The quantitative estimate of drug-likeness (QED) is 0.630. The molecule has 2 aromatic rings. The smallest absolute Gasteiger partial charge is 0.532 e. The standard InChI is InChI=1S/C13H11BO3/c15-10-11-6-8-13(9-7-11)17-14(16)12-4-2-1-3-5-12/h1-10,16H. The van der Waals surface area contributed by atoms with Gasteiger partial charge in [0.15, 0.2) is 0 Å². The normalized spacial score (nSPS) is 9.71. The molecule has 4 heteroatoms. The molecule has 3 nitrogen and oxygen atoms in total. The molecule has 17 heavy (non-hydrogen) atoms. The Labute approximate surface area is 99.8 Å². The highest BCUT2D eigenvalue weighted by Gasteiger charge is 2.17. The van der Waals surface area contributed by atoms with Crippen LogP contribution in [0.3, 0.4) is 0 Å². The molecule has 0 atom stereocenters. The van der Waals surface area contributed by atoms with Crippen LogP contribution in [0, 0.1) is 0 Å². The molecule has 0 bridgehead atoms. The van der Waals surface area contributed by atoms with E-state index >= 15 is 0 Å². The minimum absolute atomic E-state index is 0.520. The molecule has 0 saturated carbocycles. The van der Waals surface area contributed by atoms with Gasteiger partial charge in [-0.25, -0.2) is 0 Å². The Hall–Kier alpha value is -2.07. The molecule has 0 aliphatic rings. The Bertz CT molecular complexity index is 482. The maximum atomic E-state index is 10.5. The fourth-order valence-electron chi connectivity index (χ4n) is 1.44. The topological polar surface area (TPSA) is 46.5 Å². The molecular formula is C13H11BO3. The van der Waals surface area contributed by atoms with Gasteiger partial charge in [-0.1, -0.05) is 30.3 Å². The van der Waals surface area contributed by atoms with E-state index in [1.54, 1.807) is 36.4 Å². The molecule has 0 heterocycles. The van der Waals surface area contributed by atoms with Crippen LogP contribution in [0.4, 0.5) is 0 Å². The lowest BCUT2D eigenvalue weighted by Gasteiger charge is -2.09. The number of hydrogen-bond donors (Lipinski definition) is 1. The van der Waals surface area contributed by atoms with E-state index in [1.165, 1.54) is 0 Å². The lowest BCUT2D eigenvalue weighted by atomic mass is 9.79. The first-order chi connectivity index (χ1) is 8.29. The number of aldehydes is 1. The van der Waals surface area contributed by atoms with Gasteiger partial charge in [0.25, 0.3) is 0 Å². The summed E-state index contributed by atoms with van der Waals surface area (Å²) in [6, 6.07) is 15.7. The van der Waals surface area contributed by atoms with Crippen molar-refractivity contribution >= 4 is 18.9 Å². The van der Waals surface area contributed by atoms with Gasteiger partial charge in [-0.15, -0.1) is 0 Å². The second-order valence-electron chi connectivity index (χ2n) is 3.57. The molecule has 2 rings (SSSR count). The zero-order valence-electron chi connectivity index (χ0n) is 9.11. The number of hydrogen-bond acceptors (Lipinski definition) is 3. The van der Waals surface area contributed by atoms with Gasteiger partial charge in [-0.3, -0.25) is 4.79 Å². The number of carbonyl (C=O) groups excluding carboxylic acids is 1. The van der Waals surface area contributed by atoms with E-state index in [0.717, 1.165) is 6.29 Å². The minimum Gasteiger partial charge on any atom is -0.532 e. The molecule has 0 unspecified atom stereocenters. The first-order valence-electron chi connectivity index (χ1n) is 5.24. The zero-order chi connectivity index (χ0) is 12.1. The van der Waals surface area contributed by atoms with Crippen LogP contribution in [0.5, 0.6) is 5.75 Å². The monoisotopic (exact) mass is 226 g/mol. The van der Waals surface area contributed by atoms with Gasteiger partial charge in [0.2, 0.25) is 0 Å². The summed E-state index contributed by atoms with van der Waals surface area (Å²) in [5.74, 6) is 0.520. The summed E-state index contributed by atoms with van der Waals surface area (Å²) in [4.78, 5) is 10.5. The second kappa shape index (κ2) is 5.32. The highest BCUT2D eigenvalue weighted by molar-refractivity contribution is 6.60. The molecule has 0 aliphatic heterocycles. The second-order valence-corrected chi connectivity index (χ2v) is 3.57. The third kappa shape index (κ3) is 2.95. The third-order valence-corrected chi connectivity index (χ3v) is 2.35. The largest absolute Gasteiger partial charge is 0.560 e.